The molecule has 0 saturated heterocycles. The van der Waals surface area contributed by atoms with E-state index >= 15 is 0 Å². The monoisotopic (exact) mass is 888 g/mol. The molecule has 0 saturated carbocycles. The first-order valence-electron chi connectivity index (χ1n) is 19.8. The molecule has 3 aromatic carbocycles. The van der Waals surface area contributed by atoms with Crippen LogP contribution in [0.1, 0.15) is 31.5 Å². The third-order valence-corrected chi connectivity index (χ3v) is 10.9. The van der Waals surface area contributed by atoms with Crippen LogP contribution in [0.3, 0.4) is 0 Å². The largest absolute Gasteiger partial charge is 0.507 e. The molecule has 0 unspecified atom stereocenters. The Bertz CT molecular complexity index is 4300. The van der Waals surface area contributed by atoms with Gasteiger partial charge in [-0.15, -0.1) is 0 Å². The summed E-state index contributed by atoms with van der Waals surface area (Å²) in [7, 11) is 0. The number of pyridine rings is 3. The highest BCUT2D eigenvalue weighted by molar-refractivity contribution is 6.07. The summed E-state index contributed by atoms with van der Waals surface area (Å²) >= 11 is 0. The van der Waals surface area contributed by atoms with E-state index in [1.54, 1.807) is 72.8 Å². The molecule has 19 heteroatoms. The van der Waals surface area contributed by atoms with E-state index in [9.17, 15) is 39.0 Å². The lowest BCUT2D eigenvalue weighted by Crippen LogP contribution is -2.18. The van der Waals surface area contributed by atoms with Crippen molar-refractivity contribution in [3.05, 3.63) is 157 Å². The summed E-state index contributed by atoms with van der Waals surface area (Å²) in [5.74, 6) is -5.75. The number of hydrogen-bond donors (Lipinski definition) is 2. The predicted molar refractivity (Wildman–Crippen MR) is 235 cm³/mol. The second-order valence-corrected chi connectivity index (χ2v) is 15.0. The summed E-state index contributed by atoms with van der Waals surface area (Å²) in [5.41, 5.74) is -3.26. The predicted octanol–water partition coefficient (Wildman–Crippen LogP) is 6.99. The number of para-hydroxylation sites is 6. The smallest absolute Gasteiger partial charge is 0.362 e. The number of hydrogen-bond acceptors (Lipinski definition) is 18. The van der Waals surface area contributed by atoms with Crippen LogP contribution in [-0.4, -0.2) is 58.0 Å². The topological polar surface area (TPSA) is 278 Å². The number of ether oxygens (including phenoxy) is 2. The van der Waals surface area contributed by atoms with Crippen molar-refractivity contribution in [2.75, 3.05) is 0 Å². The number of fused-ring (bicyclic) bond motifs is 12. The Morgan fingerprint density at radius 3 is 1.24 bits per heavy atom. The highest BCUT2D eigenvalue weighted by Gasteiger charge is 2.30. The van der Waals surface area contributed by atoms with Gasteiger partial charge in [0.25, 0.3) is 0 Å². The quantitative estimate of drug-likeness (QED) is 0.1000. The van der Waals surface area contributed by atoms with Gasteiger partial charge < -0.3 is 32.9 Å². The van der Waals surface area contributed by atoms with Crippen LogP contribution >= 0.6 is 0 Å². The minimum Gasteiger partial charge on any atom is -0.507 e. The molecule has 6 heterocycles. The maximum atomic E-state index is 14.3. The van der Waals surface area contributed by atoms with Gasteiger partial charge >= 0.3 is 17.9 Å². The van der Waals surface area contributed by atoms with E-state index in [0.29, 0.717) is 33.3 Å². The zero-order valence-corrected chi connectivity index (χ0v) is 33.5. The van der Waals surface area contributed by atoms with Crippen molar-refractivity contribution in [2.45, 2.75) is 0 Å². The Hall–Kier alpha value is -10.0. The fraction of sp³-hybridized carbons (Fsp3) is 0. The van der Waals surface area contributed by atoms with Crippen molar-refractivity contribution in [2.24, 2.45) is 0 Å². The lowest BCUT2D eigenvalue weighted by Gasteiger charge is -2.15. The van der Waals surface area contributed by atoms with Crippen molar-refractivity contribution < 1.29 is 47.3 Å². The maximum absolute atomic E-state index is 14.3. The van der Waals surface area contributed by atoms with Crippen molar-refractivity contribution in [3.63, 3.8) is 0 Å². The summed E-state index contributed by atoms with van der Waals surface area (Å²) < 4.78 is 29.5. The summed E-state index contributed by atoms with van der Waals surface area (Å²) in [5, 5.41) is 20.8. The average Bonchev–Trinajstić information content (AvgIpc) is 3.32. The zero-order valence-electron chi connectivity index (χ0n) is 33.5. The Morgan fingerprint density at radius 1 is 0.448 bits per heavy atom. The summed E-state index contributed by atoms with van der Waals surface area (Å²) in [6, 6.07) is 26.1. The fourth-order valence-electron chi connectivity index (χ4n) is 7.91. The van der Waals surface area contributed by atoms with Crippen molar-refractivity contribution in [3.8, 4) is 51.6 Å². The average molecular weight is 889 g/mol. The number of aromatic nitrogens is 6. The van der Waals surface area contributed by atoms with Gasteiger partial charge in [-0.1, -0.05) is 36.4 Å². The van der Waals surface area contributed by atoms with Crippen LogP contribution in [0.25, 0.3) is 100 Å². The standard InChI is InChI=1S/C48H20N6O13/c55-25-13-23(53-40-26(56)16-34-43(37(25)40)49-19-7-1-4-10-29(19)63-34)47(61)67-33-15-24(54-42-28(58)18-36-45(39(33)42)51-21-9-3-6-12-31(21)65-36)48(62)66-32-14-22(46(59)60)52-41-27(57)17-35-44(38(32)41)50-20-8-2-5-11-30(20)64-35/h1-18H,(H,53,55)(H,59,60). The molecule has 0 atom stereocenters. The number of aromatic hydroxyl groups is 1. The van der Waals surface area contributed by atoms with Crippen LogP contribution in [0.2, 0.25) is 0 Å². The third kappa shape index (κ3) is 6.14. The van der Waals surface area contributed by atoms with Crippen LogP contribution < -0.4 is 25.8 Å². The molecule has 2 N–H and O–H groups in total. The molecule has 6 aliphatic rings. The van der Waals surface area contributed by atoms with E-state index in [4.69, 9.17) is 22.7 Å². The van der Waals surface area contributed by atoms with Crippen LogP contribution in [0, 0.1) is 0 Å². The molecule has 6 aromatic rings. The maximum Gasteiger partial charge on any atom is 0.362 e. The van der Waals surface area contributed by atoms with Crippen LogP contribution in [0.15, 0.2) is 137 Å². The molecular weight excluding hydrogens is 869 g/mol. The molecule has 3 aliphatic heterocycles. The van der Waals surface area contributed by atoms with Gasteiger partial charge in [-0.3, -0.25) is 14.4 Å². The van der Waals surface area contributed by atoms with Crippen molar-refractivity contribution >= 4 is 83.9 Å². The first-order chi connectivity index (χ1) is 32.4. The number of carboxylic acid groups (broad SMARTS) is 1. The summed E-state index contributed by atoms with van der Waals surface area (Å²) in [4.78, 5) is 108. The number of carboxylic acids is 1. The number of nitrogens with zero attached hydrogens (tertiary/aromatic N) is 6. The number of aromatic carboxylic acids is 1. The SMILES string of the molecule is O=C(O)c1cc(OC(=O)c2cc(OC(=O)c3cc(O)c4c5nc6ccccc6oc-5cc(=O)c4n3)c3c4nc5ccccc5oc-4cc(=O)c3n2)c2c3nc4ccccc4oc-3cc(=O)c2n1. The first kappa shape index (κ1) is 38.6. The van der Waals surface area contributed by atoms with Gasteiger partial charge in [0.15, 0.2) is 51.1 Å². The number of benzene rings is 6. The number of rotatable bonds is 5. The molecule has 0 bridgehead atoms. The fourth-order valence-corrected chi connectivity index (χ4v) is 7.91. The molecule has 0 spiro atoms. The van der Waals surface area contributed by atoms with Gasteiger partial charge in [-0.05, 0) is 36.4 Å². The molecule has 3 aliphatic carbocycles. The first-order valence-corrected chi connectivity index (χ1v) is 19.8. The Kier molecular flexibility index (Phi) is 8.21. The van der Waals surface area contributed by atoms with E-state index in [1.165, 1.54) is 0 Å². The summed E-state index contributed by atoms with van der Waals surface area (Å²) in [6.45, 7) is 0. The highest BCUT2D eigenvalue weighted by atomic mass is 16.5. The van der Waals surface area contributed by atoms with Crippen molar-refractivity contribution in [1.29, 1.82) is 0 Å². The van der Waals surface area contributed by atoms with E-state index in [1.807, 2.05) is 0 Å². The second-order valence-electron chi connectivity index (χ2n) is 15.0. The molecule has 12 rings (SSSR count). The van der Waals surface area contributed by atoms with Gasteiger partial charge in [0.2, 0.25) is 16.3 Å². The minimum absolute atomic E-state index is 0.00380. The Morgan fingerprint density at radius 2 is 0.806 bits per heavy atom. The van der Waals surface area contributed by atoms with Crippen molar-refractivity contribution in [1.82, 2.24) is 29.9 Å². The normalized spacial score (nSPS) is 11.8. The molecular formula is C48H20N6O13. The van der Waals surface area contributed by atoms with E-state index in [2.05, 4.69) is 29.9 Å². The van der Waals surface area contributed by atoms with Gasteiger partial charge in [0.1, 0.15) is 67.4 Å². The van der Waals surface area contributed by atoms with Gasteiger partial charge in [-0.2, -0.15) is 0 Å². The lowest BCUT2D eigenvalue weighted by molar-refractivity contribution is 0.0682. The Balaban J connectivity index is 1.03. The van der Waals surface area contributed by atoms with Crippen LogP contribution in [0.4, 0.5) is 0 Å². The summed E-state index contributed by atoms with van der Waals surface area (Å²) in [6.07, 6.45) is 0. The van der Waals surface area contributed by atoms with E-state index < -0.39 is 79.6 Å². The number of carbonyl (C=O) groups excluding carboxylic acids is 2. The molecule has 3 aromatic heterocycles. The van der Waals surface area contributed by atoms with Gasteiger partial charge in [-0.25, -0.2) is 44.3 Å². The van der Waals surface area contributed by atoms with E-state index in [-0.39, 0.29) is 56.0 Å². The minimum atomic E-state index is -1.56. The molecule has 67 heavy (non-hydrogen) atoms. The number of carbonyl (C=O) groups is 3. The number of esters is 2. The van der Waals surface area contributed by atoms with E-state index in [0.717, 1.165) is 36.4 Å². The molecule has 320 valence electrons. The highest BCUT2D eigenvalue weighted by Crippen LogP contribution is 2.40. The zero-order chi connectivity index (χ0) is 45.8. The molecule has 0 amide bonds. The molecule has 19 nitrogen and oxygen atoms in total. The molecule has 0 fully saturated rings. The van der Waals surface area contributed by atoms with Gasteiger partial charge in [0.05, 0.1) is 16.2 Å². The van der Waals surface area contributed by atoms with Crippen LogP contribution in [-0.2, 0) is 0 Å². The van der Waals surface area contributed by atoms with Crippen LogP contribution in [0.5, 0.6) is 17.2 Å². The third-order valence-electron chi connectivity index (χ3n) is 10.9. The molecule has 0 radical (unpaired) electrons. The lowest BCUT2D eigenvalue weighted by atomic mass is 10.1. The van der Waals surface area contributed by atoms with Gasteiger partial charge in [0, 0.05) is 36.4 Å². The second kappa shape index (κ2) is 14.2. The Labute approximate surface area is 368 Å².